The Balaban J connectivity index is 2.26. The van der Waals surface area contributed by atoms with Gasteiger partial charge in [0.1, 0.15) is 0 Å². The van der Waals surface area contributed by atoms with E-state index in [0.717, 1.165) is 0 Å². The van der Waals surface area contributed by atoms with Gasteiger partial charge in [0.25, 0.3) is 0 Å². The maximum absolute atomic E-state index is 2.43. The van der Waals surface area contributed by atoms with E-state index in [0.29, 0.717) is 10.7 Å². The smallest absolute Gasteiger partial charge is 0.114 e. The van der Waals surface area contributed by atoms with E-state index in [-0.39, 0.29) is 0 Å². The second-order valence-corrected chi connectivity index (χ2v) is 4.72. The van der Waals surface area contributed by atoms with Crippen LogP contribution in [0.2, 0.25) is 5.31 Å². The van der Waals surface area contributed by atoms with Gasteiger partial charge in [-0.25, -0.2) is 0 Å². The summed E-state index contributed by atoms with van der Waals surface area (Å²) in [6, 6.07) is 0. The summed E-state index contributed by atoms with van der Waals surface area (Å²) in [4.78, 5) is 0. The van der Waals surface area contributed by atoms with Crippen LogP contribution in [-0.2, 0) is 0 Å². The number of hydrogen-bond donors (Lipinski definition) is 0. The highest BCUT2D eigenvalue weighted by Gasteiger charge is 2.56. The lowest BCUT2D eigenvalue weighted by Gasteiger charge is -2.51. The first-order valence-electron chi connectivity index (χ1n) is 4.96. The average Bonchev–Trinajstić information content (AvgIpc) is 2.25. The molecule has 1 aliphatic heterocycles. The molecule has 0 saturated carbocycles. The lowest BCUT2D eigenvalue weighted by molar-refractivity contribution is 0.361. The van der Waals surface area contributed by atoms with Crippen molar-refractivity contribution in [1.82, 2.24) is 0 Å². The second-order valence-electron chi connectivity index (χ2n) is 4.72. The Morgan fingerprint density at radius 2 is 1.77 bits per heavy atom. The number of rotatable bonds is 0. The normalized spacial score (nSPS) is 44.2. The van der Waals surface area contributed by atoms with E-state index < -0.39 is 0 Å². The molecule has 0 bridgehead atoms. The van der Waals surface area contributed by atoms with Crippen LogP contribution in [0.1, 0.15) is 13.8 Å². The maximum Gasteiger partial charge on any atom is 0.160 e. The molecule has 0 radical (unpaired) electrons. The van der Waals surface area contributed by atoms with Crippen molar-refractivity contribution in [2.24, 2.45) is 5.41 Å². The van der Waals surface area contributed by atoms with Crippen molar-refractivity contribution in [3.05, 3.63) is 47.5 Å². The molecule has 0 N–H and O–H groups in total. The lowest BCUT2D eigenvalue weighted by Crippen LogP contribution is -2.40. The number of allylic oxidation sites excluding steroid dienone is 7. The Bertz CT molecular complexity index is 397. The predicted octanol–water partition coefficient (Wildman–Crippen LogP) is 2.57. The van der Waals surface area contributed by atoms with Gasteiger partial charge in [-0.05, 0) is 10.9 Å². The quantitative estimate of drug-likeness (QED) is 0.487. The van der Waals surface area contributed by atoms with Crippen LogP contribution in [-0.4, -0.2) is 7.28 Å². The van der Waals surface area contributed by atoms with Crippen LogP contribution in [0.25, 0.3) is 0 Å². The summed E-state index contributed by atoms with van der Waals surface area (Å²) in [5.41, 5.74) is 3.33. The van der Waals surface area contributed by atoms with E-state index in [1.165, 1.54) is 18.4 Å². The molecule has 0 fully saturated rings. The molecule has 13 heavy (non-hydrogen) atoms. The monoisotopic (exact) mass is 168 g/mol. The standard InChI is InChI=1S/C12H13B/c1-11-7-9-5-3-4-6-10(8-13-11)12(9,11)2/h3-8,13H,1-2H3. The van der Waals surface area contributed by atoms with Gasteiger partial charge in [-0.2, -0.15) is 0 Å². The molecule has 0 aromatic heterocycles. The average molecular weight is 168 g/mol. The summed E-state index contributed by atoms with van der Waals surface area (Å²) >= 11 is 0. The van der Waals surface area contributed by atoms with Crippen molar-refractivity contribution in [1.29, 1.82) is 0 Å². The molecular weight excluding hydrogens is 155 g/mol. The largest absolute Gasteiger partial charge is 0.160 e. The third-order valence-electron chi connectivity index (χ3n) is 4.18. The Morgan fingerprint density at radius 3 is 2.54 bits per heavy atom. The van der Waals surface area contributed by atoms with Gasteiger partial charge >= 0.3 is 0 Å². The van der Waals surface area contributed by atoms with E-state index in [2.05, 4.69) is 50.2 Å². The molecule has 0 amide bonds. The minimum atomic E-state index is 0.316. The molecular formula is C12H13B. The van der Waals surface area contributed by atoms with Gasteiger partial charge in [-0.1, -0.05) is 49.8 Å². The fourth-order valence-electron chi connectivity index (χ4n) is 2.94. The van der Waals surface area contributed by atoms with E-state index in [4.69, 9.17) is 0 Å². The second kappa shape index (κ2) is 1.92. The van der Waals surface area contributed by atoms with Crippen LogP contribution in [0, 0.1) is 5.41 Å². The van der Waals surface area contributed by atoms with Crippen LogP contribution in [0.3, 0.4) is 0 Å². The van der Waals surface area contributed by atoms with Crippen molar-refractivity contribution in [3.8, 4) is 0 Å². The van der Waals surface area contributed by atoms with E-state index in [1.54, 1.807) is 0 Å². The molecule has 3 rings (SSSR count). The van der Waals surface area contributed by atoms with Gasteiger partial charge in [0, 0.05) is 5.41 Å². The zero-order valence-electron chi connectivity index (χ0n) is 8.17. The zero-order chi connectivity index (χ0) is 9.10. The van der Waals surface area contributed by atoms with Crippen LogP contribution in [0.5, 0.6) is 0 Å². The first kappa shape index (κ1) is 7.43. The predicted molar refractivity (Wildman–Crippen MR) is 58.1 cm³/mol. The Kier molecular flexibility index (Phi) is 1.10. The fourth-order valence-corrected chi connectivity index (χ4v) is 2.94. The molecule has 0 aromatic rings. The minimum absolute atomic E-state index is 0.316. The van der Waals surface area contributed by atoms with Crippen LogP contribution in [0.15, 0.2) is 47.5 Å². The lowest BCUT2D eigenvalue weighted by atomic mass is 9.40. The van der Waals surface area contributed by atoms with Gasteiger partial charge in [-0.3, -0.25) is 0 Å². The Hall–Kier alpha value is -0.975. The summed E-state index contributed by atoms with van der Waals surface area (Å²) in [5.74, 6) is 2.40. The summed E-state index contributed by atoms with van der Waals surface area (Å²) in [6.07, 6.45) is 11.3. The van der Waals surface area contributed by atoms with Crippen molar-refractivity contribution in [3.63, 3.8) is 0 Å². The van der Waals surface area contributed by atoms with Crippen molar-refractivity contribution in [2.45, 2.75) is 19.2 Å². The zero-order valence-corrected chi connectivity index (χ0v) is 8.17. The summed E-state index contributed by atoms with van der Waals surface area (Å²) in [7, 11) is 1.21. The highest BCUT2D eigenvalue weighted by molar-refractivity contribution is 6.50. The van der Waals surface area contributed by atoms with Gasteiger partial charge < -0.3 is 0 Å². The third-order valence-corrected chi connectivity index (χ3v) is 4.18. The SMILES string of the molecule is CC12BC=C3C=CC=CC(=C1)C32C. The van der Waals surface area contributed by atoms with E-state index >= 15 is 0 Å². The first-order chi connectivity index (χ1) is 6.17. The molecule has 3 aliphatic rings. The van der Waals surface area contributed by atoms with Crippen molar-refractivity contribution >= 4 is 7.28 Å². The van der Waals surface area contributed by atoms with Crippen LogP contribution in [0.4, 0.5) is 0 Å². The molecule has 0 aromatic carbocycles. The minimum Gasteiger partial charge on any atom is -0.114 e. The molecule has 1 heterocycles. The molecule has 0 saturated heterocycles. The fraction of sp³-hybridized carbons (Fsp3) is 0.333. The van der Waals surface area contributed by atoms with Gasteiger partial charge in [0.15, 0.2) is 7.28 Å². The van der Waals surface area contributed by atoms with Gasteiger partial charge in [-0.15, -0.1) is 5.98 Å². The van der Waals surface area contributed by atoms with E-state index in [1.807, 2.05) is 0 Å². The maximum atomic E-state index is 2.43. The molecule has 2 aliphatic carbocycles. The number of hydrogen-bond acceptors (Lipinski definition) is 0. The molecule has 1 heteroatoms. The van der Waals surface area contributed by atoms with Crippen LogP contribution < -0.4 is 0 Å². The Morgan fingerprint density at radius 1 is 1.08 bits per heavy atom. The van der Waals surface area contributed by atoms with Gasteiger partial charge in [0.05, 0.1) is 0 Å². The third kappa shape index (κ3) is 0.621. The highest BCUT2D eigenvalue weighted by Crippen LogP contribution is 2.67. The molecule has 2 atom stereocenters. The molecule has 2 unspecified atom stereocenters. The molecule has 0 nitrogen and oxygen atoms in total. The Labute approximate surface area is 80.0 Å². The highest BCUT2D eigenvalue weighted by atomic mass is 14.5. The summed E-state index contributed by atoms with van der Waals surface area (Å²) in [6.45, 7) is 4.74. The van der Waals surface area contributed by atoms with Crippen LogP contribution >= 0.6 is 0 Å². The van der Waals surface area contributed by atoms with Gasteiger partial charge in [0.2, 0.25) is 0 Å². The summed E-state index contributed by atoms with van der Waals surface area (Å²) < 4.78 is 0. The molecule has 0 spiro atoms. The van der Waals surface area contributed by atoms with E-state index in [9.17, 15) is 0 Å². The summed E-state index contributed by atoms with van der Waals surface area (Å²) in [5, 5.41) is 0.399. The topological polar surface area (TPSA) is 0 Å². The van der Waals surface area contributed by atoms with Crippen molar-refractivity contribution < 1.29 is 0 Å². The molecule has 64 valence electrons. The first-order valence-corrected chi connectivity index (χ1v) is 4.96. The van der Waals surface area contributed by atoms with Crippen molar-refractivity contribution in [2.75, 3.05) is 0 Å².